The molecule has 2 nitrogen and oxygen atoms in total. The monoisotopic (exact) mass is 198 g/mol. The molecular weight excluding hydrogens is 172 g/mol. The van der Waals surface area contributed by atoms with Crippen LogP contribution in [-0.2, 0) is 0 Å². The van der Waals surface area contributed by atoms with Gasteiger partial charge < -0.3 is 10.6 Å². The molecule has 0 aromatic carbocycles. The van der Waals surface area contributed by atoms with Gasteiger partial charge in [0, 0.05) is 0 Å². The molecule has 0 radical (unpaired) electrons. The highest BCUT2D eigenvalue weighted by Gasteiger charge is 2.11. The van der Waals surface area contributed by atoms with Gasteiger partial charge in [0.1, 0.15) is 0 Å². The zero-order valence-electron chi connectivity index (χ0n) is 9.65. The largest absolute Gasteiger partial charge is 0.317 e. The number of piperidine rings is 1. The van der Waals surface area contributed by atoms with Gasteiger partial charge in [-0.2, -0.15) is 0 Å². The van der Waals surface area contributed by atoms with Gasteiger partial charge in [-0.3, -0.25) is 0 Å². The van der Waals surface area contributed by atoms with E-state index in [1.807, 2.05) is 0 Å². The number of hydrogen-bond donors (Lipinski definition) is 2. The second kappa shape index (κ2) is 8.25. The molecule has 0 aromatic heterocycles. The number of unbranched alkanes of at least 4 members (excludes halogenated alkanes) is 3. The molecule has 2 N–H and O–H groups in total. The molecule has 2 heteroatoms. The van der Waals surface area contributed by atoms with E-state index in [1.54, 1.807) is 0 Å². The Morgan fingerprint density at radius 2 is 1.93 bits per heavy atom. The van der Waals surface area contributed by atoms with Crippen molar-refractivity contribution < 1.29 is 0 Å². The lowest BCUT2D eigenvalue weighted by molar-refractivity contribution is 0.355. The van der Waals surface area contributed by atoms with Crippen molar-refractivity contribution in [2.45, 2.75) is 45.4 Å². The number of rotatable bonds is 7. The molecule has 1 saturated heterocycles. The van der Waals surface area contributed by atoms with E-state index in [0.717, 1.165) is 5.92 Å². The highest BCUT2D eigenvalue weighted by molar-refractivity contribution is 4.70. The normalized spacial score (nSPS) is 18.6. The first-order valence-electron chi connectivity index (χ1n) is 6.35. The minimum Gasteiger partial charge on any atom is -0.317 e. The summed E-state index contributed by atoms with van der Waals surface area (Å²) in [6.07, 6.45) is 8.22. The van der Waals surface area contributed by atoms with E-state index in [9.17, 15) is 0 Å². The van der Waals surface area contributed by atoms with E-state index >= 15 is 0 Å². The quantitative estimate of drug-likeness (QED) is 0.613. The third-order valence-electron chi connectivity index (χ3n) is 3.10. The summed E-state index contributed by atoms with van der Waals surface area (Å²) in [5, 5.41) is 6.99. The minimum absolute atomic E-state index is 0.933. The molecule has 0 spiro atoms. The van der Waals surface area contributed by atoms with Crippen LogP contribution < -0.4 is 10.6 Å². The standard InChI is InChI=1S/C12H26N2/c1-2-3-4-5-8-14-11-12-6-9-13-10-7-12/h12-14H,2-11H2,1H3. The zero-order chi connectivity index (χ0) is 10.1. The Kier molecular flexibility index (Phi) is 7.06. The van der Waals surface area contributed by atoms with Crippen LogP contribution in [-0.4, -0.2) is 26.2 Å². The lowest BCUT2D eigenvalue weighted by Crippen LogP contribution is -2.33. The molecule has 0 saturated carbocycles. The highest BCUT2D eigenvalue weighted by Crippen LogP contribution is 2.09. The Hall–Kier alpha value is -0.0800. The molecule has 0 atom stereocenters. The van der Waals surface area contributed by atoms with Crippen molar-refractivity contribution in [1.82, 2.24) is 10.6 Å². The molecule has 0 amide bonds. The van der Waals surface area contributed by atoms with Crippen molar-refractivity contribution in [1.29, 1.82) is 0 Å². The SMILES string of the molecule is CCCCCCNCC1CCNCC1. The Bertz CT molecular complexity index is 119. The van der Waals surface area contributed by atoms with Gasteiger partial charge in [0.05, 0.1) is 0 Å². The van der Waals surface area contributed by atoms with Crippen LogP contribution in [0.15, 0.2) is 0 Å². The van der Waals surface area contributed by atoms with Crippen molar-refractivity contribution in [2.75, 3.05) is 26.2 Å². The lowest BCUT2D eigenvalue weighted by atomic mass is 9.98. The molecule has 0 aromatic rings. The molecule has 1 heterocycles. The van der Waals surface area contributed by atoms with E-state index in [-0.39, 0.29) is 0 Å². The van der Waals surface area contributed by atoms with Crippen LogP contribution in [0.5, 0.6) is 0 Å². The molecule has 1 aliphatic heterocycles. The third-order valence-corrected chi connectivity index (χ3v) is 3.10. The smallest absolute Gasteiger partial charge is 0.00196 e. The minimum atomic E-state index is 0.933. The fourth-order valence-corrected chi connectivity index (χ4v) is 2.07. The maximum atomic E-state index is 3.59. The first-order chi connectivity index (χ1) is 6.93. The van der Waals surface area contributed by atoms with Crippen molar-refractivity contribution in [3.05, 3.63) is 0 Å². The second-order valence-electron chi connectivity index (χ2n) is 4.46. The molecule has 0 aliphatic carbocycles. The highest BCUT2D eigenvalue weighted by atomic mass is 14.9. The third kappa shape index (κ3) is 5.61. The predicted molar refractivity (Wildman–Crippen MR) is 62.6 cm³/mol. The molecular formula is C12H26N2. The van der Waals surface area contributed by atoms with Gasteiger partial charge in [0.25, 0.3) is 0 Å². The summed E-state index contributed by atoms with van der Waals surface area (Å²) in [6.45, 7) is 7.19. The van der Waals surface area contributed by atoms with Gasteiger partial charge in [-0.25, -0.2) is 0 Å². The van der Waals surface area contributed by atoms with Crippen molar-refractivity contribution in [3.8, 4) is 0 Å². The maximum absolute atomic E-state index is 3.59. The zero-order valence-corrected chi connectivity index (χ0v) is 9.65. The van der Waals surface area contributed by atoms with Crippen LogP contribution >= 0.6 is 0 Å². The van der Waals surface area contributed by atoms with Crippen LogP contribution in [0.4, 0.5) is 0 Å². The van der Waals surface area contributed by atoms with Crippen molar-refractivity contribution >= 4 is 0 Å². The van der Waals surface area contributed by atoms with Crippen molar-refractivity contribution in [3.63, 3.8) is 0 Å². The fraction of sp³-hybridized carbons (Fsp3) is 1.00. The van der Waals surface area contributed by atoms with E-state index in [0.29, 0.717) is 0 Å². The number of nitrogens with one attached hydrogen (secondary N) is 2. The summed E-state index contributed by atoms with van der Waals surface area (Å²) in [5.41, 5.74) is 0. The molecule has 1 aliphatic rings. The fourth-order valence-electron chi connectivity index (χ4n) is 2.07. The summed E-state index contributed by atoms with van der Waals surface area (Å²) in [6, 6.07) is 0. The predicted octanol–water partition coefficient (Wildman–Crippen LogP) is 2.16. The lowest BCUT2D eigenvalue weighted by Gasteiger charge is -2.22. The molecule has 14 heavy (non-hydrogen) atoms. The van der Waals surface area contributed by atoms with Gasteiger partial charge in [0.15, 0.2) is 0 Å². The molecule has 84 valence electrons. The van der Waals surface area contributed by atoms with E-state index in [4.69, 9.17) is 0 Å². The van der Waals surface area contributed by atoms with Gasteiger partial charge in [-0.1, -0.05) is 26.2 Å². The van der Waals surface area contributed by atoms with E-state index in [2.05, 4.69) is 17.6 Å². The summed E-state index contributed by atoms with van der Waals surface area (Å²) in [4.78, 5) is 0. The first-order valence-corrected chi connectivity index (χ1v) is 6.35. The average Bonchev–Trinajstić information content (AvgIpc) is 2.25. The molecule has 0 bridgehead atoms. The van der Waals surface area contributed by atoms with Crippen LogP contribution in [0, 0.1) is 5.92 Å². The topological polar surface area (TPSA) is 24.1 Å². The second-order valence-corrected chi connectivity index (χ2v) is 4.46. The van der Waals surface area contributed by atoms with E-state index < -0.39 is 0 Å². The summed E-state index contributed by atoms with van der Waals surface area (Å²) in [7, 11) is 0. The summed E-state index contributed by atoms with van der Waals surface area (Å²) in [5.74, 6) is 0.933. The van der Waals surface area contributed by atoms with Gasteiger partial charge in [0.2, 0.25) is 0 Å². The molecule has 1 fully saturated rings. The first kappa shape index (κ1) is 12.0. The molecule has 1 rings (SSSR count). The van der Waals surface area contributed by atoms with Crippen LogP contribution in [0.3, 0.4) is 0 Å². The summed E-state index contributed by atoms with van der Waals surface area (Å²) >= 11 is 0. The van der Waals surface area contributed by atoms with Crippen molar-refractivity contribution in [2.24, 2.45) is 5.92 Å². The number of hydrogen-bond acceptors (Lipinski definition) is 2. The van der Waals surface area contributed by atoms with Crippen LogP contribution in [0.2, 0.25) is 0 Å². The Morgan fingerprint density at radius 3 is 2.64 bits per heavy atom. The Balaban J connectivity index is 1.82. The average molecular weight is 198 g/mol. The Morgan fingerprint density at radius 1 is 1.14 bits per heavy atom. The Labute approximate surface area is 88.8 Å². The van der Waals surface area contributed by atoms with Crippen LogP contribution in [0.1, 0.15) is 45.4 Å². The van der Waals surface area contributed by atoms with Crippen LogP contribution in [0.25, 0.3) is 0 Å². The van der Waals surface area contributed by atoms with Gasteiger partial charge in [-0.05, 0) is 51.4 Å². The maximum Gasteiger partial charge on any atom is -0.00196 e. The van der Waals surface area contributed by atoms with Gasteiger partial charge in [-0.15, -0.1) is 0 Å². The van der Waals surface area contributed by atoms with E-state index in [1.165, 1.54) is 64.7 Å². The summed E-state index contributed by atoms with van der Waals surface area (Å²) < 4.78 is 0. The van der Waals surface area contributed by atoms with Gasteiger partial charge >= 0.3 is 0 Å². The molecule has 0 unspecified atom stereocenters.